The number of hydrogen-bond acceptors (Lipinski definition) is 2. The number of aromatic nitrogens is 5. The number of nitrogens with zero attached hydrogens (tertiary/aromatic N) is 5. The van der Waals surface area contributed by atoms with Crippen LogP contribution in [0.5, 0.6) is 0 Å². The lowest BCUT2D eigenvalue weighted by atomic mass is 10.0. The Labute approximate surface area is 312 Å². The van der Waals surface area contributed by atoms with E-state index in [9.17, 15) is 0 Å². The maximum absolute atomic E-state index is 5.56. The molecule has 5 nitrogen and oxygen atoms in total. The van der Waals surface area contributed by atoms with Crippen molar-refractivity contribution in [3.63, 3.8) is 0 Å². The van der Waals surface area contributed by atoms with Gasteiger partial charge in [0.15, 0.2) is 5.82 Å². The van der Waals surface area contributed by atoms with Crippen molar-refractivity contribution in [1.29, 1.82) is 0 Å². The van der Waals surface area contributed by atoms with Gasteiger partial charge in [0.25, 0.3) is 0 Å². The lowest BCUT2D eigenvalue weighted by Crippen LogP contribution is -2.08. The van der Waals surface area contributed by atoms with Crippen molar-refractivity contribution in [3.05, 3.63) is 174 Å². The van der Waals surface area contributed by atoms with Crippen molar-refractivity contribution in [2.45, 2.75) is 20.8 Å². The Morgan fingerprint density at radius 2 is 0.741 bits per heavy atom. The average molecular weight is 694 g/mol. The van der Waals surface area contributed by atoms with Crippen LogP contribution in [0, 0.1) is 20.8 Å². The van der Waals surface area contributed by atoms with Crippen molar-refractivity contribution < 1.29 is 0 Å². The second-order valence-corrected chi connectivity index (χ2v) is 14.5. The predicted octanol–water partition coefficient (Wildman–Crippen LogP) is 12.4. The van der Waals surface area contributed by atoms with E-state index in [4.69, 9.17) is 9.97 Å². The highest BCUT2D eigenvalue weighted by Crippen LogP contribution is 2.39. The summed E-state index contributed by atoms with van der Waals surface area (Å²) in [6, 6.07) is 56.7. The number of hydrogen-bond donors (Lipinski definition) is 0. The molecule has 4 heterocycles. The molecular weight excluding hydrogens is 659 g/mol. The summed E-state index contributed by atoms with van der Waals surface area (Å²) in [4.78, 5) is 11.1. The summed E-state index contributed by atoms with van der Waals surface area (Å²) in [6.45, 7) is 6.54. The molecule has 5 heteroatoms. The van der Waals surface area contributed by atoms with Crippen molar-refractivity contribution in [3.8, 4) is 28.7 Å². The zero-order chi connectivity index (χ0) is 36.1. The van der Waals surface area contributed by atoms with E-state index < -0.39 is 0 Å². The minimum Gasteiger partial charge on any atom is -0.308 e. The zero-order valence-electron chi connectivity index (χ0n) is 30.2. The Balaban J connectivity index is 1.29. The van der Waals surface area contributed by atoms with Gasteiger partial charge in [0.05, 0.1) is 38.8 Å². The molecule has 0 aliphatic heterocycles. The van der Waals surface area contributed by atoms with Gasteiger partial charge in [0.1, 0.15) is 11.6 Å². The van der Waals surface area contributed by atoms with Crippen molar-refractivity contribution in [1.82, 2.24) is 23.7 Å². The molecule has 0 amide bonds. The molecule has 11 rings (SSSR count). The Morgan fingerprint density at radius 3 is 1.22 bits per heavy atom. The molecule has 54 heavy (non-hydrogen) atoms. The van der Waals surface area contributed by atoms with Gasteiger partial charge in [0, 0.05) is 43.9 Å². The minimum absolute atomic E-state index is 0.669. The Kier molecular flexibility index (Phi) is 6.53. The van der Waals surface area contributed by atoms with Crippen molar-refractivity contribution in [2.75, 3.05) is 0 Å². The van der Waals surface area contributed by atoms with E-state index in [1.807, 2.05) is 0 Å². The molecule has 0 saturated heterocycles. The van der Waals surface area contributed by atoms with Crippen LogP contribution in [-0.2, 0) is 0 Å². The third-order valence-electron chi connectivity index (χ3n) is 11.2. The molecule has 0 aliphatic carbocycles. The Morgan fingerprint density at radius 1 is 0.352 bits per heavy atom. The van der Waals surface area contributed by atoms with Crippen LogP contribution in [0.15, 0.2) is 158 Å². The average Bonchev–Trinajstić information content (AvgIpc) is 3.84. The van der Waals surface area contributed by atoms with Gasteiger partial charge in [-0.05, 0) is 86.5 Å². The summed E-state index contributed by atoms with van der Waals surface area (Å²) in [7, 11) is 0. The number of aryl methyl sites for hydroxylation is 3. The number of benzene rings is 7. The van der Waals surface area contributed by atoms with E-state index in [0.717, 1.165) is 56.0 Å². The molecule has 7 aromatic carbocycles. The van der Waals surface area contributed by atoms with Gasteiger partial charge in [-0.15, -0.1) is 0 Å². The first kappa shape index (κ1) is 30.6. The van der Waals surface area contributed by atoms with Gasteiger partial charge in [-0.3, -0.25) is 9.13 Å². The molecule has 11 aromatic rings. The Hall–Kier alpha value is -6.98. The maximum atomic E-state index is 5.56. The van der Waals surface area contributed by atoms with Crippen LogP contribution >= 0.6 is 0 Å². The highest BCUT2D eigenvalue weighted by Gasteiger charge is 2.22. The van der Waals surface area contributed by atoms with Gasteiger partial charge < -0.3 is 4.57 Å². The number of para-hydroxylation sites is 5. The van der Waals surface area contributed by atoms with Crippen LogP contribution in [0.1, 0.15) is 16.7 Å². The fraction of sp³-hybridized carbons (Fsp3) is 0.0612. The van der Waals surface area contributed by atoms with E-state index in [-0.39, 0.29) is 0 Å². The highest BCUT2D eigenvalue weighted by atomic mass is 15.1. The fourth-order valence-corrected chi connectivity index (χ4v) is 8.62. The van der Waals surface area contributed by atoms with Crippen LogP contribution in [0.25, 0.3) is 94.1 Å². The lowest BCUT2D eigenvalue weighted by molar-refractivity contribution is 0.990. The SMILES string of the molecule is Cc1ccc2c(c1)c1ccccc1n2-c1cc(C)c(C)cc1-c1nc(-n2c3ccccc3c3ccccc32)cc(-n2c3ccccc3c3ccccc32)n1. The molecule has 0 fully saturated rings. The lowest BCUT2D eigenvalue weighted by Gasteiger charge is -2.18. The quantitative estimate of drug-likeness (QED) is 0.184. The van der Waals surface area contributed by atoms with E-state index in [2.05, 4.69) is 192 Å². The molecular formula is C49H35N5. The van der Waals surface area contributed by atoms with Gasteiger partial charge >= 0.3 is 0 Å². The molecule has 256 valence electrons. The Bertz CT molecular complexity index is 3080. The largest absolute Gasteiger partial charge is 0.308 e. The first-order valence-electron chi connectivity index (χ1n) is 18.5. The summed E-state index contributed by atoms with van der Waals surface area (Å²) in [5, 5.41) is 7.24. The topological polar surface area (TPSA) is 40.6 Å². The van der Waals surface area contributed by atoms with Crippen molar-refractivity contribution in [2.24, 2.45) is 0 Å². The van der Waals surface area contributed by atoms with Crippen LogP contribution in [0.4, 0.5) is 0 Å². The molecule has 0 bridgehead atoms. The molecule has 0 N–H and O–H groups in total. The first-order chi connectivity index (χ1) is 26.5. The van der Waals surface area contributed by atoms with Gasteiger partial charge in [-0.1, -0.05) is 103 Å². The van der Waals surface area contributed by atoms with Crippen LogP contribution in [0.2, 0.25) is 0 Å². The van der Waals surface area contributed by atoms with E-state index in [1.165, 1.54) is 49.0 Å². The first-order valence-corrected chi connectivity index (χ1v) is 18.5. The highest BCUT2D eigenvalue weighted by molar-refractivity contribution is 6.11. The molecule has 4 aromatic heterocycles. The molecule has 0 atom stereocenters. The summed E-state index contributed by atoms with van der Waals surface area (Å²) < 4.78 is 7.01. The molecule has 0 spiro atoms. The van der Waals surface area contributed by atoms with Gasteiger partial charge in [0.2, 0.25) is 0 Å². The van der Waals surface area contributed by atoms with E-state index in [1.54, 1.807) is 0 Å². The molecule has 0 aliphatic rings. The monoisotopic (exact) mass is 693 g/mol. The summed E-state index contributed by atoms with van der Waals surface area (Å²) in [5.74, 6) is 2.30. The summed E-state index contributed by atoms with van der Waals surface area (Å²) >= 11 is 0. The normalized spacial score (nSPS) is 12.0. The molecule has 0 radical (unpaired) electrons. The van der Waals surface area contributed by atoms with Crippen LogP contribution < -0.4 is 0 Å². The third kappa shape index (κ3) is 4.39. The second kappa shape index (κ2) is 11.5. The van der Waals surface area contributed by atoms with Gasteiger partial charge in [-0.25, -0.2) is 9.97 Å². The summed E-state index contributed by atoms with van der Waals surface area (Å²) in [6.07, 6.45) is 0. The molecule has 0 unspecified atom stereocenters. The summed E-state index contributed by atoms with van der Waals surface area (Å²) in [5.41, 5.74) is 12.4. The predicted molar refractivity (Wildman–Crippen MR) is 225 cm³/mol. The zero-order valence-corrected chi connectivity index (χ0v) is 30.2. The number of rotatable bonds is 4. The second-order valence-electron chi connectivity index (χ2n) is 14.5. The van der Waals surface area contributed by atoms with Crippen LogP contribution in [0.3, 0.4) is 0 Å². The van der Waals surface area contributed by atoms with E-state index >= 15 is 0 Å². The fourth-order valence-electron chi connectivity index (χ4n) is 8.62. The van der Waals surface area contributed by atoms with Crippen LogP contribution in [-0.4, -0.2) is 23.7 Å². The molecule has 0 saturated carbocycles. The van der Waals surface area contributed by atoms with Crippen molar-refractivity contribution >= 4 is 65.4 Å². The van der Waals surface area contributed by atoms with Gasteiger partial charge in [-0.2, -0.15) is 0 Å². The van der Waals surface area contributed by atoms with E-state index in [0.29, 0.717) is 5.82 Å². The number of fused-ring (bicyclic) bond motifs is 9. The third-order valence-corrected chi connectivity index (χ3v) is 11.2. The standard InChI is InChI=1S/C49H35N5/c1-30-24-25-45-38(26-30)37-18-8-9-19-40(37)52(45)46-28-32(3)31(2)27-39(46)49-50-47(53-41-20-10-4-14-33(41)34-15-5-11-21-42(34)53)29-48(51-49)54-43-22-12-6-16-35(43)36-17-7-13-23-44(36)54/h4-29H,1-3H3. The minimum atomic E-state index is 0.669. The smallest absolute Gasteiger partial charge is 0.166 e. The maximum Gasteiger partial charge on any atom is 0.166 e.